The van der Waals surface area contributed by atoms with Gasteiger partial charge in [0.05, 0.1) is 0 Å². The average molecular weight is 234 g/mol. The Balaban J connectivity index is 1.96. The molecule has 86 valence electrons. The van der Waals surface area contributed by atoms with Crippen LogP contribution in [0.15, 0.2) is 30.3 Å². The highest BCUT2D eigenvalue weighted by Crippen LogP contribution is 2.26. The SMILES string of the molecule is CCNC(=S)N1CCC(c2ccccc2)C1. The molecule has 1 aliphatic rings. The number of rotatable bonds is 2. The van der Waals surface area contributed by atoms with Crippen LogP contribution in [0.4, 0.5) is 0 Å². The number of hydrogen-bond donors (Lipinski definition) is 1. The summed E-state index contributed by atoms with van der Waals surface area (Å²) in [7, 11) is 0. The monoisotopic (exact) mass is 234 g/mol. The van der Waals surface area contributed by atoms with Crippen LogP contribution in [-0.2, 0) is 0 Å². The molecule has 3 heteroatoms. The van der Waals surface area contributed by atoms with E-state index in [-0.39, 0.29) is 0 Å². The molecule has 16 heavy (non-hydrogen) atoms. The summed E-state index contributed by atoms with van der Waals surface area (Å²) in [5, 5.41) is 4.12. The molecule has 1 N–H and O–H groups in total. The quantitative estimate of drug-likeness (QED) is 0.791. The van der Waals surface area contributed by atoms with Crippen LogP contribution in [0, 0.1) is 0 Å². The molecule has 0 bridgehead atoms. The number of nitrogens with one attached hydrogen (secondary N) is 1. The molecular formula is C13H18N2S. The van der Waals surface area contributed by atoms with Gasteiger partial charge >= 0.3 is 0 Å². The number of nitrogens with zero attached hydrogens (tertiary/aromatic N) is 1. The van der Waals surface area contributed by atoms with Gasteiger partial charge in [0.2, 0.25) is 0 Å². The van der Waals surface area contributed by atoms with Gasteiger partial charge in [-0.3, -0.25) is 0 Å². The van der Waals surface area contributed by atoms with Crippen LogP contribution in [0.1, 0.15) is 24.8 Å². The molecule has 1 aromatic carbocycles. The van der Waals surface area contributed by atoms with Gasteiger partial charge < -0.3 is 10.2 Å². The zero-order chi connectivity index (χ0) is 11.4. The van der Waals surface area contributed by atoms with Crippen molar-refractivity contribution < 1.29 is 0 Å². The van der Waals surface area contributed by atoms with Crippen molar-refractivity contribution in [1.29, 1.82) is 0 Å². The Kier molecular flexibility index (Phi) is 3.78. The molecule has 1 heterocycles. The summed E-state index contributed by atoms with van der Waals surface area (Å²) >= 11 is 5.33. The largest absolute Gasteiger partial charge is 0.363 e. The Hall–Kier alpha value is -1.09. The third kappa shape index (κ3) is 2.53. The fourth-order valence-electron chi connectivity index (χ4n) is 2.21. The average Bonchev–Trinajstić information content (AvgIpc) is 2.80. The van der Waals surface area contributed by atoms with Crippen molar-refractivity contribution in [2.24, 2.45) is 0 Å². The molecule has 0 aromatic heterocycles. The van der Waals surface area contributed by atoms with Gasteiger partial charge in [-0.1, -0.05) is 30.3 Å². The van der Waals surface area contributed by atoms with Crippen LogP contribution < -0.4 is 5.32 Å². The lowest BCUT2D eigenvalue weighted by Gasteiger charge is -2.19. The molecule has 2 rings (SSSR count). The summed E-state index contributed by atoms with van der Waals surface area (Å²) in [5.41, 5.74) is 1.43. The standard InChI is InChI=1S/C13H18N2S/c1-2-14-13(16)15-9-8-12(10-15)11-6-4-3-5-7-11/h3-7,12H,2,8-10H2,1H3,(H,14,16). The molecule has 1 saturated heterocycles. The van der Waals surface area contributed by atoms with Gasteiger partial charge in [-0.05, 0) is 31.1 Å². The second kappa shape index (κ2) is 5.30. The van der Waals surface area contributed by atoms with Crippen LogP contribution in [0.2, 0.25) is 0 Å². The molecule has 0 aliphatic carbocycles. The maximum absolute atomic E-state index is 5.33. The molecule has 1 unspecified atom stereocenters. The van der Waals surface area contributed by atoms with Gasteiger partial charge in [-0.15, -0.1) is 0 Å². The van der Waals surface area contributed by atoms with Crippen molar-refractivity contribution >= 4 is 17.3 Å². The van der Waals surface area contributed by atoms with E-state index in [2.05, 4.69) is 47.5 Å². The Morgan fingerprint density at radius 3 is 2.88 bits per heavy atom. The molecule has 1 aromatic rings. The number of hydrogen-bond acceptors (Lipinski definition) is 1. The predicted molar refractivity (Wildman–Crippen MR) is 71.6 cm³/mol. The highest BCUT2D eigenvalue weighted by Gasteiger charge is 2.24. The first kappa shape index (κ1) is 11.4. The van der Waals surface area contributed by atoms with E-state index in [0.717, 1.165) is 24.7 Å². The van der Waals surface area contributed by atoms with Gasteiger partial charge in [0.15, 0.2) is 5.11 Å². The van der Waals surface area contributed by atoms with E-state index in [1.54, 1.807) is 0 Å². The molecule has 0 spiro atoms. The maximum Gasteiger partial charge on any atom is 0.168 e. The lowest BCUT2D eigenvalue weighted by molar-refractivity contribution is 0.500. The third-order valence-electron chi connectivity index (χ3n) is 3.07. The summed E-state index contributed by atoms with van der Waals surface area (Å²) < 4.78 is 0. The Bertz CT molecular complexity index is 350. The fourth-order valence-corrected chi connectivity index (χ4v) is 2.52. The number of thiocarbonyl (C=S) groups is 1. The highest BCUT2D eigenvalue weighted by molar-refractivity contribution is 7.80. The predicted octanol–water partition coefficient (Wildman–Crippen LogP) is 2.37. The fraction of sp³-hybridized carbons (Fsp3) is 0.462. The summed E-state index contributed by atoms with van der Waals surface area (Å²) in [6.45, 7) is 5.11. The molecule has 0 amide bonds. The first-order valence-electron chi connectivity index (χ1n) is 5.89. The zero-order valence-electron chi connectivity index (χ0n) is 9.65. The van der Waals surface area contributed by atoms with E-state index < -0.39 is 0 Å². The minimum absolute atomic E-state index is 0.637. The zero-order valence-corrected chi connectivity index (χ0v) is 10.5. The summed E-state index contributed by atoms with van der Waals surface area (Å²) in [5.74, 6) is 0.637. The molecule has 1 aliphatic heterocycles. The summed E-state index contributed by atoms with van der Waals surface area (Å²) in [4.78, 5) is 2.27. The van der Waals surface area contributed by atoms with E-state index in [4.69, 9.17) is 12.2 Å². The van der Waals surface area contributed by atoms with Crippen molar-refractivity contribution in [3.05, 3.63) is 35.9 Å². The van der Waals surface area contributed by atoms with Gasteiger partial charge in [0.25, 0.3) is 0 Å². The molecule has 1 fully saturated rings. The summed E-state index contributed by atoms with van der Waals surface area (Å²) in [6.07, 6.45) is 1.20. The van der Waals surface area contributed by atoms with Crippen molar-refractivity contribution in [2.45, 2.75) is 19.3 Å². The smallest absolute Gasteiger partial charge is 0.168 e. The van der Waals surface area contributed by atoms with Crippen LogP contribution >= 0.6 is 12.2 Å². The molecule has 1 atom stereocenters. The first-order valence-corrected chi connectivity index (χ1v) is 6.29. The van der Waals surface area contributed by atoms with Gasteiger partial charge in [0, 0.05) is 25.6 Å². The molecular weight excluding hydrogens is 216 g/mol. The van der Waals surface area contributed by atoms with E-state index in [9.17, 15) is 0 Å². The summed E-state index contributed by atoms with van der Waals surface area (Å²) in [6, 6.07) is 10.7. The second-order valence-corrected chi connectivity index (χ2v) is 4.56. The Morgan fingerprint density at radius 1 is 1.44 bits per heavy atom. The Labute approximate surface area is 103 Å². The van der Waals surface area contributed by atoms with Crippen molar-refractivity contribution in [1.82, 2.24) is 10.2 Å². The van der Waals surface area contributed by atoms with Crippen molar-refractivity contribution in [3.8, 4) is 0 Å². The van der Waals surface area contributed by atoms with Crippen LogP contribution in [0.25, 0.3) is 0 Å². The minimum atomic E-state index is 0.637. The Morgan fingerprint density at radius 2 is 2.19 bits per heavy atom. The third-order valence-corrected chi connectivity index (χ3v) is 3.48. The number of likely N-dealkylation sites (tertiary alicyclic amines) is 1. The van der Waals surface area contributed by atoms with E-state index in [0.29, 0.717) is 5.92 Å². The lowest BCUT2D eigenvalue weighted by atomic mass is 9.99. The molecule has 0 radical (unpaired) electrons. The first-order chi connectivity index (χ1) is 7.81. The van der Waals surface area contributed by atoms with Gasteiger partial charge in [-0.2, -0.15) is 0 Å². The van der Waals surface area contributed by atoms with Crippen molar-refractivity contribution in [2.75, 3.05) is 19.6 Å². The van der Waals surface area contributed by atoms with E-state index in [1.165, 1.54) is 12.0 Å². The van der Waals surface area contributed by atoms with Crippen LogP contribution in [0.5, 0.6) is 0 Å². The minimum Gasteiger partial charge on any atom is -0.363 e. The topological polar surface area (TPSA) is 15.3 Å². The highest BCUT2D eigenvalue weighted by atomic mass is 32.1. The normalized spacial score (nSPS) is 19.8. The van der Waals surface area contributed by atoms with E-state index >= 15 is 0 Å². The van der Waals surface area contributed by atoms with Gasteiger partial charge in [-0.25, -0.2) is 0 Å². The molecule has 0 saturated carbocycles. The van der Waals surface area contributed by atoms with Crippen molar-refractivity contribution in [3.63, 3.8) is 0 Å². The number of benzene rings is 1. The van der Waals surface area contributed by atoms with E-state index in [1.807, 2.05) is 0 Å². The lowest BCUT2D eigenvalue weighted by Crippen LogP contribution is -2.37. The van der Waals surface area contributed by atoms with Crippen LogP contribution in [0.3, 0.4) is 0 Å². The second-order valence-electron chi connectivity index (χ2n) is 4.18. The molecule has 2 nitrogen and oxygen atoms in total. The van der Waals surface area contributed by atoms with Crippen LogP contribution in [-0.4, -0.2) is 29.6 Å². The van der Waals surface area contributed by atoms with Gasteiger partial charge in [0.1, 0.15) is 0 Å². The maximum atomic E-state index is 5.33.